The Balaban J connectivity index is 1.03. The Labute approximate surface area is 283 Å². The van der Waals surface area contributed by atoms with Crippen molar-refractivity contribution in [2.24, 2.45) is 0 Å². The minimum atomic E-state index is -0.0132. The largest absolute Gasteiger partial charge is 0.0836 e. The number of fused-ring (bicyclic) bond motifs is 9. The third-order valence-corrected chi connectivity index (χ3v) is 12.0. The van der Waals surface area contributed by atoms with Crippen molar-refractivity contribution in [3.05, 3.63) is 161 Å². The monoisotopic (exact) mass is 614 g/mol. The number of hydrogen-bond acceptors (Lipinski definition) is 0. The molecule has 3 aliphatic carbocycles. The van der Waals surface area contributed by atoms with Gasteiger partial charge < -0.3 is 0 Å². The fourth-order valence-electron chi connectivity index (χ4n) is 9.24. The third kappa shape index (κ3) is 3.84. The summed E-state index contributed by atoms with van der Waals surface area (Å²) in [6.45, 7) is 9.54. The van der Waals surface area contributed by atoms with Crippen LogP contribution in [0.15, 0.2) is 139 Å². The maximum Gasteiger partial charge on any atom is 0.0159 e. The molecule has 0 heterocycles. The van der Waals surface area contributed by atoms with E-state index < -0.39 is 0 Å². The summed E-state index contributed by atoms with van der Waals surface area (Å²) >= 11 is 0. The van der Waals surface area contributed by atoms with Crippen molar-refractivity contribution in [3.8, 4) is 33.4 Å². The fourth-order valence-corrected chi connectivity index (χ4v) is 9.24. The van der Waals surface area contributed by atoms with Crippen LogP contribution in [0.1, 0.15) is 62.8 Å². The lowest BCUT2D eigenvalue weighted by Crippen LogP contribution is -2.17. The SMILES string of the molecule is CC1(C)C2=C(C=CCC2)c2ccc(-c3ccc4cc(-c5ccc6ccc7cc8c(cc7c6c5)C(C)(C)c5ccccc5-8)ccc4c3)cc21. The normalized spacial score (nSPS) is 16.8. The van der Waals surface area contributed by atoms with E-state index in [1.165, 1.54) is 99.9 Å². The summed E-state index contributed by atoms with van der Waals surface area (Å²) < 4.78 is 0. The molecule has 0 saturated carbocycles. The molecule has 0 bridgehead atoms. The number of allylic oxidation sites excluding steroid dienone is 4. The lowest BCUT2D eigenvalue weighted by molar-refractivity contribution is 0.607. The molecule has 10 rings (SSSR count). The predicted molar refractivity (Wildman–Crippen MR) is 206 cm³/mol. The molecule has 0 radical (unpaired) electrons. The summed E-state index contributed by atoms with van der Waals surface area (Å²) in [5.41, 5.74) is 16.7. The molecular weight excluding hydrogens is 577 g/mol. The molecule has 3 aliphatic rings. The Bertz CT molecular complexity index is 2600. The first-order chi connectivity index (χ1) is 23.3. The third-order valence-electron chi connectivity index (χ3n) is 12.0. The van der Waals surface area contributed by atoms with E-state index in [9.17, 15) is 0 Å². The second kappa shape index (κ2) is 9.68. The van der Waals surface area contributed by atoms with Gasteiger partial charge in [-0.1, -0.05) is 130 Å². The lowest BCUT2D eigenvalue weighted by atomic mass is 9.78. The molecular formula is C48H38. The van der Waals surface area contributed by atoms with E-state index in [4.69, 9.17) is 0 Å². The van der Waals surface area contributed by atoms with Gasteiger partial charge in [0.2, 0.25) is 0 Å². The fraction of sp³-hybridized carbons (Fsp3) is 0.167. The number of benzene rings is 7. The van der Waals surface area contributed by atoms with Gasteiger partial charge in [-0.3, -0.25) is 0 Å². The summed E-state index contributed by atoms with van der Waals surface area (Å²) in [5.74, 6) is 0. The molecule has 0 saturated heterocycles. The first-order valence-electron chi connectivity index (χ1n) is 17.5. The molecule has 0 heteroatoms. The van der Waals surface area contributed by atoms with E-state index in [1.807, 2.05) is 0 Å². The highest BCUT2D eigenvalue weighted by molar-refractivity contribution is 6.11. The molecule has 7 aromatic rings. The second-order valence-corrected chi connectivity index (χ2v) is 15.3. The van der Waals surface area contributed by atoms with E-state index >= 15 is 0 Å². The number of hydrogen-bond donors (Lipinski definition) is 0. The Hall–Kier alpha value is -5.20. The van der Waals surface area contributed by atoms with Crippen LogP contribution in [-0.2, 0) is 10.8 Å². The van der Waals surface area contributed by atoms with Crippen molar-refractivity contribution >= 4 is 37.9 Å². The van der Waals surface area contributed by atoms with Crippen LogP contribution in [0, 0.1) is 0 Å². The van der Waals surface area contributed by atoms with Crippen molar-refractivity contribution in [3.63, 3.8) is 0 Å². The van der Waals surface area contributed by atoms with Crippen molar-refractivity contribution in [2.75, 3.05) is 0 Å². The molecule has 230 valence electrons. The van der Waals surface area contributed by atoms with Gasteiger partial charge >= 0.3 is 0 Å². The van der Waals surface area contributed by atoms with Gasteiger partial charge in [-0.15, -0.1) is 0 Å². The Morgan fingerprint density at radius 3 is 1.83 bits per heavy atom. The van der Waals surface area contributed by atoms with Crippen molar-refractivity contribution in [2.45, 2.75) is 51.4 Å². The summed E-state index contributed by atoms with van der Waals surface area (Å²) in [5, 5.41) is 7.80. The zero-order valence-corrected chi connectivity index (χ0v) is 28.1. The molecule has 0 N–H and O–H groups in total. The smallest absolute Gasteiger partial charge is 0.0159 e. The molecule has 0 amide bonds. The van der Waals surface area contributed by atoms with Gasteiger partial charge in [0.25, 0.3) is 0 Å². The average Bonchev–Trinajstić information content (AvgIpc) is 3.49. The van der Waals surface area contributed by atoms with Crippen LogP contribution in [-0.4, -0.2) is 0 Å². The van der Waals surface area contributed by atoms with Gasteiger partial charge in [0, 0.05) is 10.8 Å². The molecule has 0 aliphatic heterocycles. The molecule has 0 fully saturated rings. The van der Waals surface area contributed by atoms with Gasteiger partial charge in [0.05, 0.1) is 0 Å². The van der Waals surface area contributed by atoms with Crippen molar-refractivity contribution in [1.29, 1.82) is 0 Å². The Morgan fingerprint density at radius 2 is 1.04 bits per heavy atom. The van der Waals surface area contributed by atoms with Crippen LogP contribution in [0.3, 0.4) is 0 Å². The summed E-state index contributed by atoms with van der Waals surface area (Å²) in [6, 6.07) is 46.4. The zero-order valence-electron chi connectivity index (χ0n) is 28.1. The highest BCUT2D eigenvalue weighted by Crippen LogP contribution is 2.52. The minimum Gasteiger partial charge on any atom is -0.0836 e. The van der Waals surface area contributed by atoms with Crippen LogP contribution < -0.4 is 0 Å². The van der Waals surface area contributed by atoms with Gasteiger partial charge in [0.1, 0.15) is 0 Å². The van der Waals surface area contributed by atoms with E-state index in [1.54, 1.807) is 5.57 Å². The standard InChI is InChI=1S/C48H38/c1-47(2)43-11-7-5-9-37(43)39-22-21-35(27-45(39)47)33-19-17-30-23-32(18-16-31(30)24-33)34-15-13-29-14-20-36-26-42-38-10-6-8-12-44(38)48(3,4)46(42)28-41(36)40(29)25-34/h5-6,8-10,12-28H,7,11H2,1-4H3. The molecule has 0 spiro atoms. The predicted octanol–water partition coefficient (Wildman–Crippen LogP) is 13.2. The van der Waals surface area contributed by atoms with Gasteiger partial charge in [-0.2, -0.15) is 0 Å². The Morgan fingerprint density at radius 1 is 0.438 bits per heavy atom. The molecule has 0 unspecified atom stereocenters. The van der Waals surface area contributed by atoms with Gasteiger partial charge in [0.15, 0.2) is 0 Å². The number of rotatable bonds is 2. The van der Waals surface area contributed by atoms with Crippen molar-refractivity contribution in [1.82, 2.24) is 0 Å². The topological polar surface area (TPSA) is 0 Å². The van der Waals surface area contributed by atoms with E-state index in [0.717, 1.165) is 6.42 Å². The van der Waals surface area contributed by atoms with Crippen LogP contribution in [0.5, 0.6) is 0 Å². The van der Waals surface area contributed by atoms with Crippen molar-refractivity contribution < 1.29 is 0 Å². The highest BCUT2D eigenvalue weighted by Gasteiger charge is 2.37. The van der Waals surface area contributed by atoms with Crippen LogP contribution >= 0.6 is 0 Å². The van der Waals surface area contributed by atoms with E-state index in [-0.39, 0.29) is 10.8 Å². The summed E-state index contributed by atoms with van der Waals surface area (Å²) in [4.78, 5) is 0. The van der Waals surface area contributed by atoms with E-state index in [0.29, 0.717) is 0 Å². The average molecular weight is 615 g/mol. The molecule has 0 aromatic heterocycles. The first kappa shape index (κ1) is 27.9. The lowest BCUT2D eigenvalue weighted by Gasteiger charge is -2.26. The minimum absolute atomic E-state index is 0.0132. The summed E-state index contributed by atoms with van der Waals surface area (Å²) in [7, 11) is 0. The first-order valence-corrected chi connectivity index (χ1v) is 17.5. The molecule has 0 nitrogen and oxygen atoms in total. The molecule has 7 aromatic carbocycles. The summed E-state index contributed by atoms with van der Waals surface area (Å²) in [6.07, 6.45) is 7.01. The zero-order chi connectivity index (χ0) is 32.4. The highest BCUT2D eigenvalue weighted by atomic mass is 14.4. The van der Waals surface area contributed by atoms with Gasteiger partial charge in [-0.05, 0) is 143 Å². The quantitative estimate of drug-likeness (QED) is 0.170. The van der Waals surface area contributed by atoms with Crippen LogP contribution in [0.2, 0.25) is 0 Å². The maximum atomic E-state index is 2.47. The molecule has 48 heavy (non-hydrogen) atoms. The van der Waals surface area contributed by atoms with Crippen LogP contribution in [0.25, 0.3) is 71.3 Å². The maximum absolute atomic E-state index is 2.47. The molecule has 0 atom stereocenters. The Kier molecular flexibility index (Phi) is 5.62. The second-order valence-electron chi connectivity index (χ2n) is 15.3. The van der Waals surface area contributed by atoms with Gasteiger partial charge in [-0.25, -0.2) is 0 Å². The van der Waals surface area contributed by atoms with Crippen LogP contribution in [0.4, 0.5) is 0 Å². The van der Waals surface area contributed by atoms with E-state index in [2.05, 4.69) is 161 Å².